The number of hydrogen-bond donors (Lipinski definition) is 1. The summed E-state index contributed by atoms with van der Waals surface area (Å²) < 4.78 is 2.15. The van der Waals surface area contributed by atoms with E-state index in [9.17, 15) is 9.90 Å². The number of rotatable bonds is 1. The van der Waals surface area contributed by atoms with Crippen LogP contribution in [0.3, 0.4) is 0 Å². The molecule has 2 aromatic heterocycles. The maximum atomic E-state index is 13.6. The SMILES string of the molecule is O=C1c2ccncc2-c2ccc3c(sc4ccccc43)c2C(O)N1c1ccccc1. The summed E-state index contributed by atoms with van der Waals surface area (Å²) in [6.07, 6.45) is 2.22. The first-order chi connectivity index (χ1) is 14.7. The van der Waals surface area contributed by atoms with Gasteiger partial charge in [0.2, 0.25) is 0 Å². The smallest absolute Gasteiger partial charge is 0.261 e. The molecule has 0 saturated heterocycles. The van der Waals surface area contributed by atoms with E-state index < -0.39 is 6.23 Å². The Morgan fingerprint density at radius 3 is 2.50 bits per heavy atom. The minimum Gasteiger partial charge on any atom is -0.369 e. The first-order valence-electron chi connectivity index (χ1n) is 9.69. The van der Waals surface area contributed by atoms with E-state index in [1.807, 2.05) is 48.5 Å². The normalized spacial score (nSPS) is 15.8. The van der Waals surface area contributed by atoms with E-state index in [2.05, 4.69) is 23.2 Å². The van der Waals surface area contributed by atoms with E-state index in [0.717, 1.165) is 36.9 Å². The summed E-state index contributed by atoms with van der Waals surface area (Å²) in [6.45, 7) is 0. The van der Waals surface area contributed by atoms with Crippen molar-refractivity contribution in [1.82, 2.24) is 4.98 Å². The lowest BCUT2D eigenvalue weighted by molar-refractivity contribution is 0.0893. The Morgan fingerprint density at radius 1 is 0.833 bits per heavy atom. The highest BCUT2D eigenvalue weighted by Crippen LogP contribution is 2.46. The number of amides is 1. The number of carbonyl (C=O) groups excluding carboxylic acids is 1. The summed E-state index contributed by atoms with van der Waals surface area (Å²) in [6, 6.07) is 23.4. The summed E-state index contributed by atoms with van der Waals surface area (Å²) in [5.41, 5.74) is 3.53. The lowest BCUT2D eigenvalue weighted by Gasteiger charge is -2.27. The average molecular weight is 408 g/mol. The molecule has 0 radical (unpaired) electrons. The van der Waals surface area contributed by atoms with Crippen LogP contribution in [0.15, 0.2) is 85.2 Å². The number of nitrogens with zero attached hydrogens (tertiary/aromatic N) is 2. The summed E-state index contributed by atoms with van der Waals surface area (Å²) in [5, 5.41) is 13.8. The third kappa shape index (κ3) is 2.36. The second kappa shape index (κ2) is 6.49. The van der Waals surface area contributed by atoms with Crippen LogP contribution in [0.25, 0.3) is 31.3 Å². The molecule has 0 saturated carbocycles. The number of carbonyl (C=O) groups is 1. The topological polar surface area (TPSA) is 53.4 Å². The number of pyridine rings is 1. The summed E-state index contributed by atoms with van der Waals surface area (Å²) in [5.74, 6) is -0.239. The molecule has 3 heterocycles. The fraction of sp³-hybridized carbons (Fsp3) is 0.0400. The Hall–Kier alpha value is -3.54. The van der Waals surface area contributed by atoms with Crippen molar-refractivity contribution in [3.8, 4) is 11.1 Å². The van der Waals surface area contributed by atoms with Gasteiger partial charge in [0.1, 0.15) is 0 Å². The number of benzene rings is 3. The third-order valence-corrected chi connectivity index (χ3v) is 6.90. The van der Waals surface area contributed by atoms with Gasteiger partial charge in [0.25, 0.3) is 5.91 Å². The van der Waals surface area contributed by atoms with Gasteiger partial charge in [0, 0.05) is 49.4 Å². The number of aromatic nitrogens is 1. The van der Waals surface area contributed by atoms with Crippen LogP contribution < -0.4 is 4.90 Å². The Morgan fingerprint density at radius 2 is 1.63 bits per heavy atom. The monoisotopic (exact) mass is 408 g/mol. The van der Waals surface area contributed by atoms with Gasteiger partial charge in [0.15, 0.2) is 6.23 Å². The largest absolute Gasteiger partial charge is 0.369 e. The van der Waals surface area contributed by atoms with Crippen molar-refractivity contribution in [3.05, 3.63) is 96.3 Å². The van der Waals surface area contributed by atoms with E-state index in [-0.39, 0.29) is 5.91 Å². The summed E-state index contributed by atoms with van der Waals surface area (Å²) in [7, 11) is 0. The van der Waals surface area contributed by atoms with Crippen molar-refractivity contribution < 1.29 is 9.90 Å². The molecule has 30 heavy (non-hydrogen) atoms. The van der Waals surface area contributed by atoms with Crippen LogP contribution in [0.5, 0.6) is 0 Å². The molecule has 1 amide bonds. The molecule has 0 fully saturated rings. The molecule has 0 aliphatic carbocycles. The molecule has 1 aliphatic heterocycles. The van der Waals surface area contributed by atoms with Crippen molar-refractivity contribution in [2.75, 3.05) is 4.90 Å². The van der Waals surface area contributed by atoms with Gasteiger partial charge in [-0.2, -0.15) is 0 Å². The molecule has 0 spiro atoms. The summed E-state index contributed by atoms with van der Waals surface area (Å²) >= 11 is 1.64. The van der Waals surface area contributed by atoms with E-state index in [0.29, 0.717) is 11.3 Å². The highest BCUT2D eigenvalue weighted by atomic mass is 32.1. The van der Waals surface area contributed by atoms with Crippen molar-refractivity contribution >= 4 is 43.1 Å². The number of para-hydroxylation sites is 1. The predicted molar refractivity (Wildman–Crippen MR) is 121 cm³/mol. The Bertz CT molecular complexity index is 1440. The van der Waals surface area contributed by atoms with Gasteiger partial charge in [-0.05, 0) is 29.8 Å². The van der Waals surface area contributed by atoms with Crippen LogP contribution in [-0.2, 0) is 0 Å². The Balaban J connectivity index is 1.74. The molecule has 4 nitrogen and oxygen atoms in total. The molecule has 5 aromatic rings. The van der Waals surface area contributed by atoms with Crippen LogP contribution in [0.4, 0.5) is 5.69 Å². The van der Waals surface area contributed by atoms with E-state index >= 15 is 0 Å². The summed E-state index contributed by atoms with van der Waals surface area (Å²) in [4.78, 5) is 19.3. The standard InChI is InChI=1S/C25H16N2O2S/c28-24-19-12-13-26-14-20(19)17-10-11-18-16-8-4-5-9-21(16)30-23(18)22(17)25(29)27(24)15-6-2-1-3-7-15/h1-14,25,29H. The van der Waals surface area contributed by atoms with E-state index in [1.54, 1.807) is 29.8 Å². The predicted octanol–water partition coefficient (Wildman–Crippen LogP) is 5.77. The van der Waals surface area contributed by atoms with E-state index in [4.69, 9.17) is 0 Å². The second-order valence-electron chi connectivity index (χ2n) is 7.31. The quantitative estimate of drug-likeness (QED) is 0.383. The number of fused-ring (bicyclic) bond motifs is 7. The molecular formula is C25H16N2O2S. The maximum absolute atomic E-state index is 13.6. The zero-order valence-electron chi connectivity index (χ0n) is 15.8. The van der Waals surface area contributed by atoms with Crippen LogP contribution >= 0.6 is 11.3 Å². The van der Waals surface area contributed by atoms with Crippen LogP contribution in [-0.4, -0.2) is 16.0 Å². The van der Waals surface area contributed by atoms with Gasteiger partial charge in [-0.3, -0.25) is 14.7 Å². The number of anilines is 1. The minimum absolute atomic E-state index is 0.239. The van der Waals surface area contributed by atoms with Crippen LogP contribution in [0, 0.1) is 0 Å². The Labute approximate surface area is 176 Å². The zero-order chi connectivity index (χ0) is 20.2. The van der Waals surface area contributed by atoms with Crippen molar-refractivity contribution in [2.45, 2.75) is 6.23 Å². The fourth-order valence-electron chi connectivity index (χ4n) is 4.31. The molecule has 3 aromatic carbocycles. The van der Waals surface area contributed by atoms with Crippen molar-refractivity contribution in [2.24, 2.45) is 0 Å². The van der Waals surface area contributed by atoms with Gasteiger partial charge in [-0.1, -0.05) is 48.5 Å². The fourth-order valence-corrected chi connectivity index (χ4v) is 5.58. The molecule has 1 atom stereocenters. The average Bonchev–Trinajstić information content (AvgIpc) is 3.13. The first kappa shape index (κ1) is 17.3. The lowest BCUT2D eigenvalue weighted by Crippen LogP contribution is -2.34. The van der Waals surface area contributed by atoms with E-state index in [1.165, 1.54) is 4.90 Å². The maximum Gasteiger partial charge on any atom is 0.261 e. The number of aliphatic hydroxyl groups is 1. The van der Waals surface area contributed by atoms with Gasteiger partial charge in [0.05, 0.1) is 5.56 Å². The second-order valence-corrected chi connectivity index (χ2v) is 8.36. The molecular weight excluding hydrogens is 392 g/mol. The number of hydrogen-bond acceptors (Lipinski definition) is 4. The lowest BCUT2D eigenvalue weighted by atomic mass is 9.96. The third-order valence-electron chi connectivity index (χ3n) is 5.68. The highest BCUT2D eigenvalue weighted by Gasteiger charge is 2.35. The Kier molecular flexibility index (Phi) is 3.75. The molecule has 144 valence electrons. The molecule has 1 aliphatic rings. The van der Waals surface area contributed by atoms with Crippen molar-refractivity contribution in [1.29, 1.82) is 0 Å². The minimum atomic E-state index is -1.11. The zero-order valence-corrected chi connectivity index (χ0v) is 16.6. The number of aliphatic hydroxyl groups excluding tert-OH is 1. The van der Waals surface area contributed by atoms with Gasteiger partial charge in [-0.25, -0.2) is 0 Å². The van der Waals surface area contributed by atoms with Crippen molar-refractivity contribution in [3.63, 3.8) is 0 Å². The van der Waals surface area contributed by atoms with Gasteiger partial charge in [-0.15, -0.1) is 11.3 Å². The molecule has 6 rings (SSSR count). The molecule has 1 N–H and O–H groups in total. The first-order valence-corrected chi connectivity index (χ1v) is 10.5. The number of thiophene rings is 1. The highest BCUT2D eigenvalue weighted by molar-refractivity contribution is 7.26. The van der Waals surface area contributed by atoms with Gasteiger partial charge >= 0.3 is 0 Å². The van der Waals surface area contributed by atoms with Gasteiger partial charge < -0.3 is 5.11 Å². The molecule has 1 unspecified atom stereocenters. The molecule has 0 bridgehead atoms. The van der Waals surface area contributed by atoms with Crippen LogP contribution in [0.1, 0.15) is 22.1 Å². The molecule has 5 heteroatoms. The van der Waals surface area contributed by atoms with Crippen LogP contribution in [0.2, 0.25) is 0 Å².